The number of anilines is 3. The van der Waals surface area contributed by atoms with Gasteiger partial charge in [-0.05, 0) is 54.3 Å². The van der Waals surface area contributed by atoms with E-state index < -0.39 is 42.1 Å². The number of nitrogens with zero attached hydrogens (tertiary/aromatic N) is 2. The lowest BCUT2D eigenvalue weighted by molar-refractivity contribution is -0.136. The first kappa shape index (κ1) is 32.5. The van der Waals surface area contributed by atoms with E-state index in [-0.39, 0.29) is 30.3 Å². The Morgan fingerprint density at radius 2 is 1.67 bits per heavy atom. The molecule has 3 rings (SSSR count). The summed E-state index contributed by atoms with van der Waals surface area (Å²) >= 11 is 0. The van der Waals surface area contributed by atoms with E-state index in [4.69, 9.17) is 9.84 Å². The Morgan fingerprint density at radius 1 is 0.930 bits per heavy atom. The first-order valence-electron chi connectivity index (χ1n) is 13.5. The second kappa shape index (κ2) is 15.3. The molecule has 0 spiro atoms. The van der Waals surface area contributed by atoms with Gasteiger partial charge >= 0.3 is 12.0 Å². The van der Waals surface area contributed by atoms with Crippen molar-refractivity contribution in [2.75, 3.05) is 41.9 Å². The summed E-state index contributed by atoms with van der Waals surface area (Å²) < 4.78 is 33.5. The zero-order valence-corrected chi connectivity index (χ0v) is 24.1. The van der Waals surface area contributed by atoms with Crippen molar-refractivity contribution in [3.05, 3.63) is 83.9 Å². The van der Waals surface area contributed by atoms with Crippen LogP contribution in [0.4, 0.5) is 30.6 Å². The summed E-state index contributed by atoms with van der Waals surface area (Å²) in [5, 5.41) is 14.1. The molecule has 43 heavy (non-hydrogen) atoms. The largest absolute Gasteiger partial charge is 0.482 e. The first-order valence-corrected chi connectivity index (χ1v) is 13.5. The number of urea groups is 1. The second-order valence-electron chi connectivity index (χ2n) is 10.1. The number of halogens is 2. The van der Waals surface area contributed by atoms with Crippen LogP contribution in [0.25, 0.3) is 0 Å². The van der Waals surface area contributed by atoms with E-state index in [0.717, 1.165) is 23.1 Å². The topological polar surface area (TPSA) is 128 Å². The van der Waals surface area contributed by atoms with Crippen LogP contribution in [-0.2, 0) is 20.8 Å². The van der Waals surface area contributed by atoms with Crippen LogP contribution in [0, 0.1) is 17.6 Å². The van der Waals surface area contributed by atoms with Gasteiger partial charge in [-0.15, -0.1) is 0 Å². The third-order valence-electron chi connectivity index (χ3n) is 6.32. The number of aliphatic carboxylic acids is 1. The molecule has 228 valence electrons. The Morgan fingerprint density at radius 3 is 2.40 bits per heavy atom. The Kier molecular flexibility index (Phi) is 11.6. The quantitative estimate of drug-likeness (QED) is 0.259. The number of carboxylic acid groups (broad SMARTS) is 1. The SMILES string of the molecule is CC(C)CCN(C(=O)CNC(=O)Nc1cccc(CC(=O)O)c1)c1ccccc1OCC(=O)N(C)c1cc(F)ccc1F. The van der Waals surface area contributed by atoms with Gasteiger partial charge in [0.1, 0.15) is 17.4 Å². The van der Waals surface area contributed by atoms with Gasteiger partial charge in [-0.1, -0.05) is 38.1 Å². The van der Waals surface area contributed by atoms with Crippen LogP contribution in [0.3, 0.4) is 0 Å². The number of rotatable bonds is 13. The van der Waals surface area contributed by atoms with E-state index in [2.05, 4.69) is 10.6 Å². The van der Waals surface area contributed by atoms with Crippen LogP contribution >= 0.6 is 0 Å². The van der Waals surface area contributed by atoms with E-state index in [1.54, 1.807) is 42.5 Å². The number of hydrogen-bond acceptors (Lipinski definition) is 5. The number of benzene rings is 3. The number of ether oxygens (including phenoxy) is 1. The molecule has 3 aromatic rings. The highest BCUT2D eigenvalue weighted by Gasteiger charge is 2.22. The van der Waals surface area contributed by atoms with Crippen molar-refractivity contribution in [1.29, 1.82) is 0 Å². The van der Waals surface area contributed by atoms with Crippen molar-refractivity contribution in [1.82, 2.24) is 5.32 Å². The average Bonchev–Trinajstić information content (AvgIpc) is 2.96. The summed E-state index contributed by atoms with van der Waals surface area (Å²) in [7, 11) is 1.30. The van der Waals surface area contributed by atoms with E-state index in [1.165, 1.54) is 18.0 Å². The number of carbonyl (C=O) groups excluding carboxylic acids is 3. The fourth-order valence-electron chi connectivity index (χ4n) is 4.04. The predicted octanol–water partition coefficient (Wildman–Crippen LogP) is 4.83. The highest BCUT2D eigenvalue weighted by Crippen LogP contribution is 2.29. The molecular weight excluding hydrogens is 562 g/mol. The van der Waals surface area contributed by atoms with Gasteiger partial charge in [-0.3, -0.25) is 14.4 Å². The van der Waals surface area contributed by atoms with E-state index in [0.29, 0.717) is 29.9 Å². The molecule has 0 saturated heterocycles. The molecule has 0 aliphatic heterocycles. The van der Waals surface area contributed by atoms with Crippen LogP contribution in [0.15, 0.2) is 66.7 Å². The molecule has 0 aromatic heterocycles. The molecule has 0 aliphatic rings. The van der Waals surface area contributed by atoms with Gasteiger partial charge in [-0.2, -0.15) is 0 Å². The summed E-state index contributed by atoms with van der Waals surface area (Å²) in [5.74, 6) is -3.12. The number of carbonyl (C=O) groups is 4. The van der Waals surface area contributed by atoms with Crippen molar-refractivity contribution in [2.24, 2.45) is 5.92 Å². The normalized spacial score (nSPS) is 10.7. The lowest BCUT2D eigenvalue weighted by Gasteiger charge is -2.26. The van der Waals surface area contributed by atoms with Crippen LogP contribution < -0.4 is 25.2 Å². The molecule has 3 aromatic carbocycles. The van der Waals surface area contributed by atoms with Gasteiger partial charge in [0.25, 0.3) is 5.91 Å². The maximum atomic E-state index is 14.2. The Balaban J connectivity index is 1.70. The number of carboxylic acids is 1. The third-order valence-corrected chi connectivity index (χ3v) is 6.32. The summed E-state index contributed by atoms with van der Waals surface area (Å²) in [4.78, 5) is 52.0. The summed E-state index contributed by atoms with van der Waals surface area (Å²) in [5.41, 5.74) is 0.994. The van der Waals surface area contributed by atoms with Crippen molar-refractivity contribution < 1.29 is 37.8 Å². The van der Waals surface area contributed by atoms with Crippen LogP contribution in [0.5, 0.6) is 5.75 Å². The summed E-state index contributed by atoms with van der Waals surface area (Å²) in [6, 6.07) is 15.0. The minimum absolute atomic E-state index is 0.203. The first-order chi connectivity index (χ1) is 20.4. The minimum Gasteiger partial charge on any atom is -0.482 e. The van der Waals surface area contributed by atoms with Crippen molar-refractivity contribution >= 4 is 40.9 Å². The molecule has 0 radical (unpaired) electrons. The third kappa shape index (κ3) is 9.80. The van der Waals surface area contributed by atoms with Gasteiger partial charge in [-0.25, -0.2) is 13.6 Å². The number of amides is 4. The number of nitrogens with one attached hydrogen (secondary N) is 2. The Hall–Kier alpha value is -5.00. The number of hydrogen-bond donors (Lipinski definition) is 3. The molecule has 0 aliphatic carbocycles. The van der Waals surface area contributed by atoms with Crippen LogP contribution in [0.1, 0.15) is 25.8 Å². The highest BCUT2D eigenvalue weighted by molar-refractivity contribution is 5.99. The smallest absolute Gasteiger partial charge is 0.319 e. The zero-order valence-electron chi connectivity index (χ0n) is 24.1. The van der Waals surface area contributed by atoms with Crippen molar-refractivity contribution in [3.8, 4) is 5.75 Å². The minimum atomic E-state index is -1.00. The van der Waals surface area contributed by atoms with E-state index >= 15 is 0 Å². The van der Waals surface area contributed by atoms with Crippen LogP contribution in [-0.4, -0.2) is 55.7 Å². The molecule has 10 nitrogen and oxygen atoms in total. The Labute approximate surface area is 248 Å². The molecule has 0 fully saturated rings. The van der Waals surface area contributed by atoms with Crippen molar-refractivity contribution in [2.45, 2.75) is 26.7 Å². The molecule has 0 saturated carbocycles. The van der Waals surface area contributed by atoms with Gasteiger partial charge in [0.15, 0.2) is 6.61 Å². The predicted molar refractivity (Wildman–Crippen MR) is 158 cm³/mol. The van der Waals surface area contributed by atoms with Gasteiger partial charge in [0.05, 0.1) is 24.3 Å². The lowest BCUT2D eigenvalue weighted by Crippen LogP contribution is -2.42. The molecular formula is C31H34F2N4O6. The fourth-order valence-corrected chi connectivity index (χ4v) is 4.04. The fraction of sp³-hybridized carbons (Fsp3) is 0.290. The molecule has 0 atom stereocenters. The second-order valence-corrected chi connectivity index (χ2v) is 10.1. The molecule has 0 unspecified atom stereocenters. The number of para-hydroxylation sites is 2. The lowest BCUT2D eigenvalue weighted by atomic mass is 10.1. The van der Waals surface area contributed by atoms with Gasteiger partial charge in [0.2, 0.25) is 5.91 Å². The summed E-state index contributed by atoms with van der Waals surface area (Å²) in [6.07, 6.45) is 0.425. The molecule has 0 heterocycles. The van der Waals surface area contributed by atoms with Gasteiger partial charge < -0.3 is 30.3 Å². The monoisotopic (exact) mass is 596 g/mol. The molecule has 3 N–H and O–H groups in total. The van der Waals surface area contributed by atoms with Gasteiger partial charge in [0, 0.05) is 25.3 Å². The molecule has 12 heteroatoms. The highest BCUT2D eigenvalue weighted by atomic mass is 19.1. The Bertz CT molecular complexity index is 1470. The summed E-state index contributed by atoms with van der Waals surface area (Å²) in [6.45, 7) is 3.40. The van der Waals surface area contributed by atoms with E-state index in [9.17, 15) is 28.0 Å². The number of likely N-dealkylation sites (N-methyl/N-ethyl adjacent to an activating group) is 1. The van der Waals surface area contributed by atoms with E-state index in [1.807, 2.05) is 13.8 Å². The molecule has 0 bridgehead atoms. The van der Waals surface area contributed by atoms with Crippen molar-refractivity contribution in [3.63, 3.8) is 0 Å². The average molecular weight is 597 g/mol. The maximum absolute atomic E-state index is 14.2. The molecule has 4 amide bonds. The standard InChI is InChI=1S/C31H34F2N4O6/c1-20(2)13-14-37(28(38)18-34-31(42)35-23-8-6-7-21(15-23)16-30(40)41)25-9-4-5-10-27(25)43-19-29(39)36(3)26-17-22(32)11-12-24(26)33/h4-12,15,17,20H,13-14,16,18-19H2,1-3H3,(H,40,41)(H2,34,35,42). The van der Waals surface area contributed by atoms with Crippen LogP contribution in [0.2, 0.25) is 0 Å². The zero-order chi connectivity index (χ0) is 31.5. The maximum Gasteiger partial charge on any atom is 0.319 e.